The summed E-state index contributed by atoms with van der Waals surface area (Å²) in [6, 6.07) is 0. The molecule has 0 spiro atoms. The maximum atomic E-state index is 11.4. The Labute approximate surface area is 85.4 Å². The second kappa shape index (κ2) is 4.75. The van der Waals surface area contributed by atoms with Gasteiger partial charge in [-0.05, 0) is 32.9 Å². The minimum absolute atomic E-state index is 0.127. The highest BCUT2D eigenvalue weighted by Gasteiger charge is 2.22. The van der Waals surface area contributed by atoms with Crippen LogP contribution in [0.25, 0.3) is 0 Å². The molecule has 1 saturated heterocycles. The van der Waals surface area contributed by atoms with E-state index in [1.807, 2.05) is 13.8 Å². The lowest BCUT2D eigenvalue weighted by atomic mass is 9.99. The van der Waals surface area contributed by atoms with E-state index in [0.29, 0.717) is 18.9 Å². The lowest BCUT2D eigenvalue weighted by Gasteiger charge is -2.27. The summed E-state index contributed by atoms with van der Waals surface area (Å²) >= 11 is 0. The molecular weight excluding hydrogens is 180 g/mol. The fourth-order valence-corrected chi connectivity index (χ4v) is 1.21. The van der Waals surface area contributed by atoms with Gasteiger partial charge in [-0.1, -0.05) is 0 Å². The normalized spacial score (nSPS) is 17.6. The van der Waals surface area contributed by atoms with E-state index in [1.54, 1.807) is 7.11 Å². The number of methoxy groups -OCH3 is 1. The third-order valence-electron chi connectivity index (χ3n) is 2.60. The standard InChI is InChI=1S/C10H20N2O2/c1-10(2,14-3)7-12-9(13)4-8-5-11-6-8/h8,11H,4-7H2,1-3H3,(H,12,13). The first-order valence-corrected chi connectivity index (χ1v) is 5.06. The predicted molar refractivity (Wildman–Crippen MR) is 55.1 cm³/mol. The third kappa shape index (κ3) is 3.64. The Bertz CT molecular complexity index is 200. The molecule has 1 rings (SSSR count). The lowest BCUT2D eigenvalue weighted by Crippen LogP contribution is -2.46. The van der Waals surface area contributed by atoms with Crippen LogP contribution in [0.3, 0.4) is 0 Å². The van der Waals surface area contributed by atoms with Crippen molar-refractivity contribution in [3.05, 3.63) is 0 Å². The molecule has 4 heteroatoms. The Kier molecular flexibility index (Phi) is 3.89. The SMILES string of the molecule is COC(C)(C)CNC(=O)CC1CNC1. The Balaban J connectivity index is 2.13. The minimum atomic E-state index is -0.270. The average Bonchev–Trinajstić information content (AvgIpc) is 2.08. The molecule has 14 heavy (non-hydrogen) atoms. The molecule has 0 aromatic rings. The quantitative estimate of drug-likeness (QED) is 0.663. The molecule has 0 bridgehead atoms. The maximum Gasteiger partial charge on any atom is 0.220 e. The Morgan fingerprint density at radius 1 is 1.57 bits per heavy atom. The molecule has 0 atom stereocenters. The van der Waals surface area contributed by atoms with E-state index in [1.165, 1.54) is 0 Å². The number of hydrogen-bond donors (Lipinski definition) is 2. The highest BCUT2D eigenvalue weighted by atomic mass is 16.5. The monoisotopic (exact) mass is 200 g/mol. The number of carbonyl (C=O) groups excluding carboxylic acids is 1. The Morgan fingerprint density at radius 3 is 2.64 bits per heavy atom. The topological polar surface area (TPSA) is 50.4 Å². The molecule has 82 valence electrons. The van der Waals surface area contributed by atoms with Gasteiger partial charge in [-0.25, -0.2) is 0 Å². The number of carbonyl (C=O) groups is 1. The molecule has 0 unspecified atom stereocenters. The summed E-state index contributed by atoms with van der Waals surface area (Å²) in [5.41, 5.74) is -0.270. The fourth-order valence-electron chi connectivity index (χ4n) is 1.21. The van der Waals surface area contributed by atoms with Crippen molar-refractivity contribution in [2.45, 2.75) is 25.9 Å². The van der Waals surface area contributed by atoms with Gasteiger partial charge in [-0.2, -0.15) is 0 Å². The maximum absolute atomic E-state index is 11.4. The van der Waals surface area contributed by atoms with E-state index in [2.05, 4.69) is 10.6 Å². The van der Waals surface area contributed by atoms with Crippen LogP contribution >= 0.6 is 0 Å². The number of ether oxygens (including phenoxy) is 1. The Morgan fingerprint density at radius 2 is 2.21 bits per heavy atom. The molecule has 1 aliphatic heterocycles. The molecule has 0 aromatic carbocycles. The van der Waals surface area contributed by atoms with Crippen molar-refractivity contribution in [1.82, 2.24) is 10.6 Å². The summed E-state index contributed by atoms with van der Waals surface area (Å²) < 4.78 is 5.21. The smallest absolute Gasteiger partial charge is 0.220 e. The highest BCUT2D eigenvalue weighted by Crippen LogP contribution is 2.09. The predicted octanol–water partition coefficient (Wildman–Crippen LogP) is 0.137. The van der Waals surface area contributed by atoms with E-state index < -0.39 is 0 Å². The molecular formula is C10H20N2O2. The molecule has 0 aliphatic carbocycles. The zero-order valence-corrected chi connectivity index (χ0v) is 9.22. The van der Waals surface area contributed by atoms with Crippen LogP contribution in [-0.2, 0) is 9.53 Å². The van der Waals surface area contributed by atoms with Crippen molar-refractivity contribution >= 4 is 5.91 Å². The summed E-state index contributed by atoms with van der Waals surface area (Å²) in [6.45, 7) is 6.43. The minimum Gasteiger partial charge on any atom is -0.377 e. The van der Waals surface area contributed by atoms with Crippen LogP contribution in [-0.4, -0.2) is 38.3 Å². The van der Waals surface area contributed by atoms with Crippen molar-refractivity contribution < 1.29 is 9.53 Å². The fraction of sp³-hybridized carbons (Fsp3) is 0.900. The van der Waals surface area contributed by atoms with E-state index in [4.69, 9.17) is 4.74 Å². The number of amides is 1. The van der Waals surface area contributed by atoms with Crippen molar-refractivity contribution in [2.75, 3.05) is 26.7 Å². The van der Waals surface area contributed by atoms with Crippen LogP contribution in [0.4, 0.5) is 0 Å². The molecule has 1 fully saturated rings. The van der Waals surface area contributed by atoms with E-state index >= 15 is 0 Å². The molecule has 0 aromatic heterocycles. The summed E-state index contributed by atoms with van der Waals surface area (Å²) in [4.78, 5) is 11.4. The largest absolute Gasteiger partial charge is 0.377 e. The number of hydrogen-bond acceptors (Lipinski definition) is 3. The first-order chi connectivity index (χ1) is 6.53. The van der Waals surface area contributed by atoms with Crippen LogP contribution < -0.4 is 10.6 Å². The van der Waals surface area contributed by atoms with Gasteiger partial charge in [0.2, 0.25) is 5.91 Å². The van der Waals surface area contributed by atoms with Crippen LogP contribution in [0.5, 0.6) is 0 Å². The van der Waals surface area contributed by atoms with E-state index in [-0.39, 0.29) is 11.5 Å². The second-order valence-corrected chi connectivity index (χ2v) is 4.47. The van der Waals surface area contributed by atoms with Gasteiger partial charge in [0, 0.05) is 20.1 Å². The van der Waals surface area contributed by atoms with E-state index in [0.717, 1.165) is 13.1 Å². The molecule has 0 saturated carbocycles. The molecule has 1 amide bonds. The summed E-state index contributed by atoms with van der Waals surface area (Å²) in [7, 11) is 1.65. The van der Waals surface area contributed by atoms with Crippen LogP contribution in [0.15, 0.2) is 0 Å². The van der Waals surface area contributed by atoms with Crippen LogP contribution in [0.1, 0.15) is 20.3 Å². The number of nitrogens with one attached hydrogen (secondary N) is 2. The molecule has 4 nitrogen and oxygen atoms in total. The van der Waals surface area contributed by atoms with Crippen molar-refractivity contribution in [2.24, 2.45) is 5.92 Å². The first kappa shape index (κ1) is 11.5. The van der Waals surface area contributed by atoms with Gasteiger partial charge in [0.05, 0.1) is 5.60 Å². The van der Waals surface area contributed by atoms with Gasteiger partial charge in [0.15, 0.2) is 0 Å². The van der Waals surface area contributed by atoms with Crippen molar-refractivity contribution in [1.29, 1.82) is 0 Å². The van der Waals surface area contributed by atoms with Gasteiger partial charge in [0.25, 0.3) is 0 Å². The van der Waals surface area contributed by atoms with Crippen LogP contribution in [0, 0.1) is 5.92 Å². The molecule has 1 heterocycles. The van der Waals surface area contributed by atoms with E-state index in [9.17, 15) is 4.79 Å². The molecule has 2 N–H and O–H groups in total. The van der Waals surface area contributed by atoms with Gasteiger partial charge in [0.1, 0.15) is 0 Å². The second-order valence-electron chi connectivity index (χ2n) is 4.47. The summed E-state index contributed by atoms with van der Waals surface area (Å²) in [5, 5.41) is 6.03. The average molecular weight is 200 g/mol. The van der Waals surface area contributed by atoms with Crippen molar-refractivity contribution in [3.8, 4) is 0 Å². The number of rotatable bonds is 5. The highest BCUT2D eigenvalue weighted by molar-refractivity contribution is 5.76. The van der Waals surface area contributed by atoms with Crippen LogP contribution in [0.2, 0.25) is 0 Å². The molecule has 0 radical (unpaired) electrons. The van der Waals surface area contributed by atoms with Crippen molar-refractivity contribution in [3.63, 3.8) is 0 Å². The zero-order valence-electron chi connectivity index (χ0n) is 9.22. The molecule has 1 aliphatic rings. The first-order valence-electron chi connectivity index (χ1n) is 5.06. The van der Waals surface area contributed by atoms with Gasteiger partial charge < -0.3 is 15.4 Å². The summed E-state index contributed by atoms with van der Waals surface area (Å²) in [6.07, 6.45) is 0.632. The van der Waals surface area contributed by atoms with Gasteiger partial charge in [-0.15, -0.1) is 0 Å². The van der Waals surface area contributed by atoms with Gasteiger partial charge in [-0.3, -0.25) is 4.79 Å². The lowest BCUT2D eigenvalue weighted by molar-refractivity contribution is -0.123. The summed E-state index contributed by atoms with van der Waals surface area (Å²) in [5.74, 6) is 0.655. The zero-order chi connectivity index (χ0) is 10.6. The Hall–Kier alpha value is -0.610. The third-order valence-corrected chi connectivity index (χ3v) is 2.60. The van der Waals surface area contributed by atoms with Gasteiger partial charge >= 0.3 is 0 Å².